The van der Waals surface area contributed by atoms with Crippen LogP contribution in [0.1, 0.15) is 43.6 Å². The summed E-state index contributed by atoms with van der Waals surface area (Å²) in [6.07, 6.45) is -0.526. The van der Waals surface area contributed by atoms with Crippen molar-refractivity contribution in [2.45, 2.75) is 45.0 Å². The molecule has 1 aromatic rings. The second-order valence-electron chi connectivity index (χ2n) is 6.74. The van der Waals surface area contributed by atoms with Crippen molar-refractivity contribution < 1.29 is 23.8 Å². The maximum atomic E-state index is 14.5. The highest BCUT2D eigenvalue weighted by Gasteiger charge is 2.35. The molecule has 24 heavy (non-hydrogen) atoms. The van der Waals surface area contributed by atoms with Gasteiger partial charge in [0.2, 0.25) is 0 Å². The summed E-state index contributed by atoms with van der Waals surface area (Å²) in [5.74, 6) is -1.35. The summed E-state index contributed by atoms with van der Waals surface area (Å²) in [5.41, 5.74) is -1.82. The summed E-state index contributed by atoms with van der Waals surface area (Å²) in [6, 6.07) is 1.78. The predicted molar refractivity (Wildman–Crippen MR) is 84.0 cm³/mol. The Morgan fingerprint density at radius 3 is 2.58 bits per heavy atom. The Morgan fingerprint density at radius 2 is 2.04 bits per heavy atom. The molecule has 0 aromatic carbocycles. The molecule has 132 valence electrons. The first kappa shape index (κ1) is 18.0. The molecule has 1 aliphatic rings. The van der Waals surface area contributed by atoms with Gasteiger partial charge in [0.05, 0.1) is 12.6 Å². The topological polar surface area (TPSA) is 88.8 Å². The third kappa shape index (κ3) is 3.93. The van der Waals surface area contributed by atoms with Crippen LogP contribution in [0.15, 0.2) is 23.1 Å². The number of alkyl halides is 1. The first-order valence-corrected chi connectivity index (χ1v) is 7.66. The van der Waals surface area contributed by atoms with Crippen molar-refractivity contribution >= 4 is 12.1 Å². The van der Waals surface area contributed by atoms with E-state index >= 15 is 0 Å². The summed E-state index contributed by atoms with van der Waals surface area (Å²) >= 11 is 0. The molecule has 2 rings (SSSR count). The average Bonchev–Trinajstić information content (AvgIpc) is 2.45. The summed E-state index contributed by atoms with van der Waals surface area (Å²) in [6.45, 7) is 5.19. The Morgan fingerprint density at radius 1 is 1.38 bits per heavy atom. The molecule has 0 bridgehead atoms. The summed E-state index contributed by atoms with van der Waals surface area (Å²) in [5, 5.41) is 9.00. The van der Waals surface area contributed by atoms with Gasteiger partial charge in [0.1, 0.15) is 17.3 Å². The van der Waals surface area contributed by atoms with Crippen molar-refractivity contribution in [3.63, 3.8) is 0 Å². The van der Waals surface area contributed by atoms with Crippen LogP contribution < -0.4 is 5.56 Å². The van der Waals surface area contributed by atoms with E-state index in [0.717, 1.165) is 4.57 Å². The molecule has 1 fully saturated rings. The van der Waals surface area contributed by atoms with Crippen molar-refractivity contribution in [2.75, 3.05) is 13.1 Å². The van der Waals surface area contributed by atoms with Gasteiger partial charge in [-0.25, -0.2) is 14.0 Å². The van der Waals surface area contributed by atoms with Crippen LogP contribution in [0, 0.1) is 0 Å². The van der Waals surface area contributed by atoms with Crippen LogP contribution >= 0.6 is 0 Å². The largest absolute Gasteiger partial charge is 0.477 e. The maximum Gasteiger partial charge on any atom is 0.410 e. The van der Waals surface area contributed by atoms with E-state index in [1.807, 2.05) is 0 Å². The molecule has 0 spiro atoms. The van der Waals surface area contributed by atoms with Gasteiger partial charge in [0, 0.05) is 12.7 Å². The number of carbonyl (C=O) groups excluding carboxylic acids is 1. The predicted octanol–water partition coefficient (Wildman–Crippen LogP) is 2.07. The molecule has 1 N–H and O–H groups in total. The molecule has 8 heteroatoms. The Labute approximate surface area is 138 Å². The fraction of sp³-hybridized carbons (Fsp3) is 0.562. The number of carbonyl (C=O) groups is 2. The molecule has 1 saturated heterocycles. The van der Waals surface area contributed by atoms with Crippen LogP contribution in [0.25, 0.3) is 0 Å². The highest BCUT2D eigenvalue weighted by atomic mass is 19.1. The summed E-state index contributed by atoms with van der Waals surface area (Å²) < 4.78 is 20.8. The molecule has 7 nitrogen and oxygen atoms in total. The van der Waals surface area contributed by atoms with Crippen LogP contribution in [0.2, 0.25) is 0 Å². The van der Waals surface area contributed by atoms with Crippen LogP contribution in [0.3, 0.4) is 0 Å². The fourth-order valence-electron chi connectivity index (χ4n) is 2.63. The molecule has 2 atom stereocenters. The minimum absolute atomic E-state index is 0.198. The van der Waals surface area contributed by atoms with Gasteiger partial charge in [-0.05, 0) is 39.3 Å². The smallest absolute Gasteiger partial charge is 0.410 e. The number of pyridine rings is 1. The number of halogens is 1. The highest BCUT2D eigenvalue weighted by molar-refractivity contribution is 5.87. The zero-order valence-corrected chi connectivity index (χ0v) is 13.9. The molecule has 1 aliphatic heterocycles. The number of rotatable bonds is 2. The van der Waals surface area contributed by atoms with Gasteiger partial charge in [0.25, 0.3) is 5.56 Å². The number of amides is 1. The van der Waals surface area contributed by atoms with Gasteiger partial charge in [0.15, 0.2) is 0 Å². The molecule has 1 amide bonds. The number of aromatic carboxylic acids is 1. The van der Waals surface area contributed by atoms with Crippen LogP contribution in [-0.2, 0) is 4.74 Å². The SMILES string of the molecule is CC(C)(C)OC(=O)N1CC[C@@H](n2cccc(C(=O)O)c2=O)[C@H](F)C1. The number of carboxylic acids is 1. The Balaban J connectivity index is 2.15. The zero-order chi connectivity index (χ0) is 18.1. The number of carboxylic acid groups (broad SMARTS) is 1. The number of nitrogens with zero attached hydrogens (tertiary/aromatic N) is 2. The van der Waals surface area contributed by atoms with Gasteiger partial charge in [-0.15, -0.1) is 0 Å². The van der Waals surface area contributed by atoms with E-state index in [2.05, 4.69) is 0 Å². The van der Waals surface area contributed by atoms with Crippen LogP contribution in [0.4, 0.5) is 9.18 Å². The van der Waals surface area contributed by atoms with E-state index in [-0.39, 0.29) is 19.5 Å². The average molecular weight is 340 g/mol. The lowest BCUT2D eigenvalue weighted by Gasteiger charge is -2.36. The van der Waals surface area contributed by atoms with Crippen molar-refractivity contribution in [1.82, 2.24) is 9.47 Å². The minimum Gasteiger partial charge on any atom is -0.477 e. The third-order valence-electron chi connectivity index (χ3n) is 3.72. The van der Waals surface area contributed by atoms with E-state index in [1.165, 1.54) is 23.2 Å². The second-order valence-corrected chi connectivity index (χ2v) is 6.74. The highest BCUT2D eigenvalue weighted by Crippen LogP contribution is 2.25. The van der Waals surface area contributed by atoms with Crippen molar-refractivity contribution in [3.8, 4) is 0 Å². The van der Waals surface area contributed by atoms with E-state index in [9.17, 15) is 18.8 Å². The molecule has 2 heterocycles. The van der Waals surface area contributed by atoms with E-state index in [0.29, 0.717) is 0 Å². The van der Waals surface area contributed by atoms with Gasteiger partial charge in [-0.2, -0.15) is 0 Å². The van der Waals surface area contributed by atoms with Crippen molar-refractivity contribution in [2.24, 2.45) is 0 Å². The van der Waals surface area contributed by atoms with E-state index in [4.69, 9.17) is 9.84 Å². The molecule has 0 radical (unpaired) electrons. The molecule has 0 aliphatic carbocycles. The van der Waals surface area contributed by atoms with Gasteiger partial charge >= 0.3 is 12.1 Å². The quantitative estimate of drug-likeness (QED) is 0.890. The first-order valence-electron chi connectivity index (χ1n) is 7.66. The van der Waals surface area contributed by atoms with Gasteiger partial charge < -0.3 is 19.3 Å². The number of likely N-dealkylation sites (tertiary alicyclic amines) is 1. The second kappa shape index (κ2) is 6.62. The zero-order valence-electron chi connectivity index (χ0n) is 13.9. The fourth-order valence-corrected chi connectivity index (χ4v) is 2.63. The van der Waals surface area contributed by atoms with Gasteiger partial charge in [-0.3, -0.25) is 4.79 Å². The molecule has 0 unspecified atom stereocenters. The number of piperidine rings is 1. The number of ether oxygens (including phenoxy) is 1. The maximum absolute atomic E-state index is 14.5. The minimum atomic E-state index is -1.49. The Bertz CT molecular complexity index is 694. The Kier molecular flexibility index (Phi) is 4.96. The number of aromatic nitrogens is 1. The first-order chi connectivity index (χ1) is 11.1. The van der Waals surface area contributed by atoms with Crippen LogP contribution in [0.5, 0.6) is 0 Å². The lowest BCUT2D eigenvalue weighted by molar-refractivity contribution is 0.00648. The monoisotopic (exact) mass is 340 g/mol. The third-order valence-corrected chi connectivity index (χ3v) is 3.72. The summed E-state index contributed by atoms with van der Waals surface area (Å²) in [7, 11) is 0. The van der Waals surface area contributed by atoms with Crippen LogP contribution in [-0.4, -0.2) is 51.5 Å². The van der Waals surface area contributed by atoms with Gasteiger partial charge in [-0.1, -0.05) is 0 Å². The number of hydrogen-bond donors (Lipinski definition) is 1. The normalized spacial score (nSPS) is 21.4. The lowest BCUT2D eigenvalue weighted by atomic mass is 10.0. The lowest BCUT2D eigenvalue weighted by Crippen LogP contribution is -2.48. The standard InChI is InChI=1S/C16H21FN2O5/c1-16(2,3)24-15(23)18-8-6-12(11(17)9-18)19-7-4-5-10(13(19)20)14(21)22/h4-5,7,11-12H,6,8-9H2,1-3H3,(H,21,22)/t11-,12-/m1/s1. The van der Waals surface area contributed by atoms with Crippen molar-refractivity contribution in [1.29, 1.82) is 0 Å². The number of hydrogen-bond acceptors (Lipinski definition) is 4. The van der Waals surface area contributed by atoms with Crippen molar-refractivity contribution in [3.05, 3.63) is 34.2 Å². The molecular weight excluding hydrogens is 319 g/mol. The molecular formula is C16H21FN2O5. The molecule has 0 saturated carbocycles. The Hall–Kier alpha value is -2.38. The van der Waals surface area contributed by atoms with E-state index < -0.39 is 41.0 Å². The van der Waals surface area contributed by atoms with E-state index in [1.54, 1.807) is 20.8 Å². The molecule has 1 aromatic heterocycles. The summed E-state index contributed by atoms with van der Waals surface area (Å²) in [4.78, 5) is 36.5.